The zero-order valence-electron chi connectivity index (χ0n) is 31.3. The van der Waals surface area contributed by atoms with Crippen LogP contribution in [0.15, 0.2) is 48.7 Å². The Morgan fingerprint density at radius 2 is 1.60 bits per heavy atom. The number of aromatic nitrogens is 4. The summed E-state index contributed by atoms with van der Waals surface area (Å²) < 4.78 is 4.79. The second-order valence-corrected chi connectivity index (χ2v) is 15.7. The van der Waals surface area contributed by atoms with E-state index >= 15 is 0 Å². The third kappa shape index (κ3) is 6.33. The van der Waals surface area contributed by atoms with Crippen molar-refractivity contribution in [1.29, 1.82) is 0 Å². The van der Waals surface area contributed by atoms with Crippen LogP contribution in [0.25, 0.3) is 44.2 Å². The number of imidazole rings is 2. The van der Waals surface area contributed by atoms with Crippen LogP contribution in [0.1, 0.15) is 94.7 Å². The molecular weight excluding hydrogens is 667 g/mol. The SMILES string of the molecule is COC(=O)N[C@H](C(=O)N1CCC[C@H]1c1nc2c(ccc3cc(-c4ccc(-c5cnc([C@@H]6CCCN6C(=O)CC(C)C)[nH]5)c5c4CC5)ccc32)[nH]1)C(C)C. The van der Waals surface area contributed by atoms with Crippen LogP contribution in [0.5, 0.6) is 0 Å². The lowest BCUT2D eigenvalue weighted by Gasteiger charge is -2.29. The number of H-pyrrole nitrogens is 2. The van der Waals surface area contributed by atoms with Gasteiger partial charge in [0.15, 0.2) is 0 Å². The molecule has 11 nitrogen and oxygen atoms in total. The van der Waals surface area contributed by atoms with Gasteiger partial charge in [-0.25, -0.2) is 14.8 Å². The number of alkyl carbamates (subject to hydrolysis) is 1. The predicted octanol–water partition coefficient (Wildman–Crippen LogP) is 7.63. The summed E-state index contributed by atoms with van der Waals surface area (Å²) in [5.41, 5.74) is 9.20. The largest absolute Gasteiger partial charge is 0.453 e. The van der Waals surface area contributed by atoms with Crippen molar-refractivity contribution in [2.24, 2.45) is 11.8 Å². The summed E-state index contributed by atoms with van der Waals surface area (Å²) in [6.45, 7) is 9.44. The molecule has 3 aromatic carbocycles. The van der Waals surface area contributed by atoms with Gasteiger partial charge in [-0.05, 0) is 90.1 Å². The molecule has 276 valence electrons. The first-order chi connectivity index (χ1) is 25.6. The molecule has 0 spiro atoms. The molecule has 5 aromatic rings. The van der Waals surface area contributed by atoms with Gasteiger partial charge in [-0.15, -0.1) is 0 Å². The number of rotatable bonds is 9. The number of amides is 3. The van der Waals surface area contributed by atoms with Crippen molar-refractivity contribution >= 4 is 39.7 Å². The first-order valence-corrected chi connectivity index (χ1v) is 19.2. The van der Waals surface area contributed by atoms with Gasteiger partial charge in [0.2, 0.25) is 11.8 Å². The number of aromatic amines is 2. The minimum atomic E-state index is -0.677. The van der Waals surface area contributed by atoms with Crippen LogP contribution in [0, 0.1) is 11.8 Å². The quantitative estimate of drug-likeness (QED) is 0.144. The van der Waals surface area contributed by atoms with Crippen molar-refractivity contribution in [3.05, 3.63) is 71.4 Å². The summed E-state index contributed by atoms with van der Waals surface area (Å²) in [5, 5.41) is 4.90. The van der Waals surface area contributed by atoms with Gasteiger partial charge in [-0.3, -0.25) is 9.59 Å². The zero-order valence-corrected chi connectivity index (χ0v) is 31.3. The van der Waals surface area contributed by atoms with E-state index < -0.39 is 12.1 Å². The van der Waals surface area contributed by atoms with Gasteiger partial charge in [-0.2, -0.15) is 0 Å². The van der Waals surface area contributed by atoms with Crippen molar-refractivity contribution in [3.63, 3.8) is 0 Å². The van der Waals surface area contributed by atoms with E-state index in [1.165, 1.54) is 34.9 Å². The number of nitrogens with one attached hydrogen (secondary N) is 3. The molecule has 2 saturated heterocycles. The third-order valence-electron chi connectivity index (χ3n) is 11.5. The van der Waals surface area contributed by atoms with Gasteiger partial charge < -0.3 is 29.8 Å². The van der Waals surface area contributed by atoms with Crippen molar-refractivity contribution in [1.82, 2.24) is 35.1 Å². The second kappa shape index (κ2) is 14.0. The van der Waals surface area contributed by atoms with Crippen LogP contribution in [-0.2, 0) is 27.2 Å². The minimum Gasteiger partial charge on any atom is -0.453 e. The molecule has 3 atom stereocenters. The first kappa shape index (κ1) is 34.9. The lowest BCUT2D eigenvalue weighted by Crippen LogP contribution is -2.51. The monoisotopic (exact) mass is 715 g/mol. The fourth-order valence-corrected chi connectivity index (χ4v) is 8.66. The lowest BCUT2D eigenvalue weighted by atomic mass is 9.79. The summed E-state index contributed by atoms with van der Waals surface area (Å²) in [7, 11) is 1.31. The highest BCUT2D eigenvalue weighted by molar-refractivity contribution is 6.05. The van der Waals surface area contributed by atoms with Crippen molar-refractivity contribution < 1.29 is 19.1 Å². The Balaban J connectivity index is 1.04. The van der Waals surface area contributed by atoms with E-state index in [1.54, 1.807) is 0 Å². The number of benzene rings is 3. The molecule has 3 aliphatic rings. The average molecular weight is 716 g/mol. The number of fused-ring (bicyclic) bond motifs is 4. The summed E-state index contributed by atoms with van der Waals surface area (Å²) >= 11 is 0. The number of carbonyl (C=O) groups is 3. The van der Waals surface area contributed by atoms with Gasteiger partial charge in [0.1, 0.15) is 17.7 Å². The molecule has 2 aromatic heterocycles. The van der Waals surface area contributed by atoms with Crippen LogP contribution in [0.2, 0.25) is 0 Å². The molecule has 53 heavy (non-hydrogen) atoms. The maximum absolute atomic E-state index is 13.7. The highest BCUT2D eigenvalue weighted by atomic mass is 16.5. The number of hydrogen-bond donors (Lipinski definition) is 3. The Morgan fingerprint density at radius 1 is 0.887 bits per heavy atom. The molecule has 0 saturated carbocycles. The molecule has 3 amide bonds. The smallest absolute Gasteiger partial charge is 0.407 e. The van der Waals surface area contributed by atoms with Gasteiger partial charge in [0.25, 0.3) is 0 Å². The number of methoxy groups -OCH3 is 1. The molecule has 0 bridgehead atoms. The molecule has 3 N–H and O–H groups in total. The Kier molecular flexibility index (Phi) is 9.20. The van der Waals surface area contributed by atoms with Crippen LogP contribution < -0.4 is 5.32 Å². The summed E-state index contributed by atoms with van der Waals surface area (Å²) in [4.78, 5) is 59.5. The molecule has 4 heterocycles. The van der Waals surface area contributed by atoms with E-state index in [9.17, 15) is 14.4 Å². The normalized spacial score (nSPS) is 18.9. The van der Waals surface area contributed by atoms with E-state index in [1.807, 2.05) is 29.8 Å². The van der Waals surface area contributed by atoms with E-state index in [0.29, 0.717) is 18.9 Å². The predicted molar refractivity (Wildman–Crippen MR) is 205 cm³/mol. The van der Waals surface area contributed by atoms with Crippen molar-refractivity contribution in [2.45, 2.75) is 90.8 Å². The van der Waals surface area contributed by atoms with Crippen molar-refractivity contribution in [3.8, 4) is 22.4 Å². The number of hydrogen-bond acceptors (Lipinski definition) is 6. The molecule has 1 aliphatic carbocycles. The lowest BCUT2D eigenvalue weighted by molar-refractivity contribution is -0.135. The number of carbonyl (C=O) groups excluding carboxylic acids is 3. The minimum absolute atomic E-state index is 0.0157. The highest BCUT2D eigenvalue weighted by Crippen LogP contribution is 2.42. The maximum atomic E-state index is 13.7. The van der Waals surface area contributed by atoms with Crippen molar-refractivity contribution in [2.75, 3.05) is 20.2 Å². The Hall–Kier alpha value is -5.19. The zero-order chi connectivity index (χ0) is 37.0. The van der Waals surface area contributed by atoms with Gasteiger partial charge in [0.05, 0.1) is 42.1 Å². The van der Waals surface area contributed by atoms with Gasteiger partial charge in [-0.1, -0.05) is 58.0 Å². The fraction of sp³-hybridized carbons (Fsp3) is 0.452. The second-order valence-electron chi connectivity index (χ2n) is 15.7. The molecule has 2 aliphatic heterocycles. The Bertz CT molecular complexity index is 2220. The first-order valence-electron chi connectivity index (χ1n) is 19.2. The molecule has 0 radical (unpaired) electrons. The summed E-state index contributed by atoms with van der Waals surface area (Å²) in [5.74, 6) is 2.00. The van der Waals surface area contributed by atoms with E-state index in [-0.39, 0.29) is 29.8 Å². The Morgan fingerprint density at radius 3 is 2.32 bits per heavy atom. The van der Waals surface area contributed by atoms with Crippen LogP contribution in [0.4, 0.5) is 4.79 Å². The standard InChI is InChI=1S/C42H49N7O4/c1-23(2)20-36(50)48-18-6-8-34(48)39-43-22-33(45-39)31-16-13-27(29-14-15-30(29)31)25-10-12-28-26(21-25)11-17-32-38(28)46-40(44-32)35-9-7-19-49(35)41(51)37(24(3)4)47-42(52)53-5/h10-13,16-17,21-24,34-35,37H,6-9,14-15,18-20H2,1-5H3,(H,43,45)(H,44,46)(H,47,52)/t34-,35-,37-/m0/s1. The van der Waals surface area contributed by atoms with E-state index in [2.05, 4.69) is 71.6 Å². The number of likely N-dealkylation sites (tertiary alicyclic amines) is 2. The highest BCUT2D eigenvalue weighted by Gasteiger charge is 2.38. The molecule has 2 fully saturated rings. The topological polar surface area (TPSA) is 136 Å². The molecular formula is C42H49N7O4. The van der Waals surface area contributed by atoms with E-state index in [0.717, 1.165) is 84.2 Å². The van der Waals surface area contributed by atoms with Crippen LogP contribution in [0.3, 0.4) is 0 Å². The summed E-state index contributed by atoms with van der Waals surface area (Å²) in [6.07, 6.45) is 7.56. The van der Waals surface area contributed by atoms with Gasteiger partial charge in [0, 0.05) is 30.5 Å². The van der Waals surface area contributed by atoms with Gasteiger partial charge >= 0.3 is 6.09 Å². The molecule has 11 heteroatoms. The van der Waals surface area contributed by atoms with Crippen LogP contribution >= 0.6 is 0 Å². The van der Waals surface area contributed by atoms with E-state index in [4.69, 9.17) is 14.7 Å². The number of ether oxygens (including phenoxy) is 1. The number of nitrogens with zero attached hydrogens (tertiary/aromatic N) is 4. The fourth-order valence-electron chi connectivity index (χ4n) is 8.66. The Labute approximate surface area is 309 Å². The third-order valence-corrected chi connectivity index (χ3v) is 11.5. The summed E-state index contributed by atoms with van der Waals surface area (Å²) in [6, 6.07) is 14.4. The average Bonchev–Trinajstić information content (AvgIpc) is 3.95. The van der Waals surface area contributed by atoms with Crippen LogP contribution in [-0.4, -0.2) is 73.9 Å². The molecule has 0 unspecified atom stereocenters. The maximum Gasteiger partial charge on any atom is 0.407 e. The molecule has 8 rings (SSSR count).